The molecule has 2 rings (SSSR count). The molecule has 1 fully saturated rings. The second-order valence-corrected chi connectivity index (χ2v) is 6.04. The van der Waals surface area contributed by atoms with Gasteiger partial charge in [0.05, 0.1) is 5.02 Å². The summed E-state index contributed by atoms with van der Waals surface area (Å²) in [5, 5.41) is 4.37. The number of benzene rings is 1. The van der Waals surface area contributed by atoms with E-state index in [1.54, 1.807) is 0 Å². The van der Waals surface area contributed by atoms with Gasteiger partial charge in [0, 0.05) is 29.8 Å². The monoisotopic (exact) mass is 317 g/mol. The molecule has 0 spiro atoms. The number of hydrogen-bond donors (Lipinski definition) is 1. The molecule has 0 saturated carbocycles. The Morgan fingerprint density at radius 3 is 2.76 bits per heavy atom. The van der Waals surface area contributed by atoms with Gasteiger partial charge in [-0.05, 0) is 53.4 Å². The third-order valence-electron chi connectivity index (χ3n) is 3.30. The molecule has 0 atom stereocenters. The van der Waals surface area contributed by atoms with Crippen LogP contribution in [0.5, 0.6) is 0 Å². The topological polar surface area (TPSA) is 21.3 Å². The molecule has 0 unspecified atom stereocenters. The van der Waals surface area contributed by atoms with Crippen molar-refractivity contribution in [3.05, 3.63) is 33.3 Å². The molecule has 1 N–H and O–H groups in total. The van der Waals surface area contributed by atoms with E-state index in [0.717, 1.165) is 42.1 Å². The fraction of sp³-hybridized carbons (Fsp3) is 0.538. The first kappa shape index (κ1) is 13.3. The minimum Gasteiger partial charge on any atom is -0.381 e. The molecule has 0 aromatic heterocycles. The smallest absolute Gasteiger partial charge is 0.0551 e. The summed E-state index contributed by atoms with van der Waals surface area (Å²) < 4.78 is 6.33. The van der Waals surface area contributed by atoms with Gasteiger partial charge in [-0.25, -0.2) is 0 Å². The standard InChI is InChI=1S/C13H17BrClNO/c1-13(4-6-17-7-5-13)16-9-10-2-3-11(14)12(15)8-10/h2-3,8,16H,4-7,9H2,1H3. The van der Waals surface area contributed by atoms with Crippen molar-refractivity contribution >= 4 is 27.5 Å². The number of hydrogen-bond acceptors (Lipinski definition) is 2. The predicted octanol–water partition coefficient (Wildman–Crippen LogP) is 3.76. The van der Waals surface area contributed by atoms with Crippen molar-refractivity contribution in [3.8, 4) is 0 Å². The van der Waals surface area contributed by atoms with E-state index in [2.05, 4.69) is 34.2 Å². The Kier molecular flexibility index (Phi) is 4.47. The molecular weight excluding hydrogens is 302 g/mol. The summed E-state index contributed by atoms with van der Waals surface area (Å²) in [6, 6.07) is 6.08. The maximum absolute atomic E-state index is 6.08. The fourth-order valence-corrected chi connectivity index (χ4v) is 2.41. The van der Waals surface area contributed by atoms with Crippen molar-refractivity contribution in [3.63, 3.8) is 0 Å². The van der Waals surface area contributed by atoms with E-state index in [1.807, 2.05) is 12.1 Å². The zero-order valence-electron chi connectivity index (χ0n) is 9.93. The van der Waals surface area contributed by atoms with Gasteiger partial charge in [0.25, 0.3) is 0 Å². The number of rotatable bonds is 3. The maximum atomic E-state index is 6.08. The van der Waals surface area contributed by atoms with Crippen LogP contribution in [-0.4, -0.2) is 18.8 Å². The highest BCUT2D eigenvalue weighted by Crippen LogP contribution is 2.24. The van der Waals surface area contributed by atoms with Crippen molar-refractivity contribution in [1.29, 1.82) is 0 Å². The molecule has 1 aliphatic rings. The molecule has 0 bridgehead atoms. The van der Waals surface area contributed by atoms with Crippen LogP contribution < -0.4 is 5.32 Å². The molecule has 1 heterocycles. The summed E-state index contributed by atoms with van der Waals surface area (Å²) in [7, 11) is 0. The van der Waals surface area contributed by atoms with E-state index in [0.29, 0.717) is 0 Å². The Hall–Kier alpha value is -0.0900. The highest BCUT2D eigenvalue weighted by Gasteiger charge is 2.26. The molecule has 0 aliphatic carbocycles. The van der Waals surface area contributed by atoms with Gasteiger partial charge in [-0.2, -0.15) is 0 Å². The number of halogens is 2. The SMILES string of the molecule is CC1(NCc2ccc(Br)c(Cl)c2)CCOCC1. The van der Waals surface area contributed by atoms with Crippen LogP contribution in [0.4, 0.5) is 0 Å². The lowest BCUT2D eigenvalue weighted by Gasteiger charge is -2.34. The van der Waals surface area contributed by atoms with Crippen LogP contribution in [0.1, 0.15) is 25.3 Å². The van der Waals surface area contributed by atoms with Crippen molar-refractivity contribution in [1.82, 2.24) is 5.32 Å². The molecule has 94 valence electrons. The second kappa shape index (κ2) is 5.70. The molecular formula is C13H17BrClNO. The highest BCUT2D eigenvalue weighted by atomic mass is 79.9. The zero-order chi connectivity index (χ0) is 12.3. The van der Waals surface area contributed by atoms with Gasteiger partial charge in [-0.3, -0.25) is 0 Å². The molecule has 1 saturated heterocycles. The Bertz CT molecular complexity index is 391. The van der Waals surface area contributed by atoms with Gasteiger partial charge in [0.1, 0.15) is 0 Å². The molecule has 4 heteroatoms. The van der Waals surface area contributed by atoms with Crippen LogP contribution in [-0.2, 0) is 11.3 Å². The summed E-state index contributed by atoms with van der Waals surface area (Å²) in [5.74, 6) is 0. The Morgan fingerprint density at radius 2 is 2.12 bits per heavy atom. The Balaban J connectivity index is 1.94. The van der Waals surface area contributed by atoms with Crippen molar-refractivity contribution in [2.45, 2.75) is 31.8 Å². The summed E-state index contributed by atoms with van der Waals surface area (Å²) in [4.78, 5) is 0. The third-order valence-corrected chi connectivity index (χ3v) is 4.53. The normalized spacial score (nSPS) is 19.2. The predicted molar refractivity (Wildman–Crippen MR) is 74.4 cm³/mol. The van der Waals surface area contributed by atoms with E-state index in [-0.39, 0.29) is 5.54 Å². The molecule has 2 nitrogen and oxygen atoms in total. The molecule has 1 aliphatic heterocycles. The van der Waals surface area contributed by atoms with E-state index < -0.39 is 0 Å². The lowest BCUT2D eigenvalue weighted by Crippen LogP contribution is -2.46. The second-order valence-electron chi connectivity index (χ2n) is 4.78. The van der Waals surface area contributed by atoms with Crippen molar-refractivity contribution in [2.24, 2.45) is 0 Å². The molecule has 17 heavy (non-hydrogen) atoms. The lowest BCUT2D eigenvalue weighted by atomic mass is 9.92. The van der Waals surface area contributed by atoms with Crippen LogP contribution in [0.3, 0.4) is 0 Å². The quantitative estimate of drug-likeness (QED) is 0.916. The van der Waals surface area contributed by atoms with Gasteiger partial charge >= 0.3 is 0 Å². The maximum Gasteiger partial charge on any atom is 0.0551 e. The Morgan fingerprint density at radius 1 is 1.41 bits per heavy atom. The van der Waals surface area contributed by atoms with Gasteiger partial charge in [0.15, 0.2) is 0 Å². The minimum atomic E-state index is 0.192. The van der Waals surface area contributed by atoms with Gasteiger partial charge in [0.2, 0.25) is 0 Å². The first-order valence-electron chi connectivity index (χ1n) is 5.86. The summed E-state index contributed by atoms with van der Waals surface area (Å²) in [5.41, 5.74) is 1.41. The largest absolute Gasteiger partial charge is 0.381 e. The highest BCUT2D eigenvalue weighted by molar-refractivity contribution is 9.10. The average molecular weight is 319 g/mol. The van der Waals surface area contributed by atoms with Crippen LogP contribution >= 0.6 is 27.5 Å². The van der Waals surface area contributed by atoms with Crippen molar-refractivity contribution < 1.29 is 4.74 Å². The van der Waals surface area contributed by atoms with Crippen LogP contribution in [0.15, 0.2) is 22.7 Å². The van der Waals surface area contributed by atoms with Gasteiger partial charge in [-0.1, -0.05) is 17.7 Å². The van der Waals surface area contributed by atoms with Crippen LogP contribution in [0, 0.1) is 0 Å². The number of nitrogens with one attached hydrogen (secondary N) is 1. The van der Waals surface area contributed by atoms with Gasteiger partial charge < -0.3 is 10.1 Å². The Labute approximate surface area is 116 Å². The van der Waals surface area contributed by atoms with Crippen molar-refractivity contribution in [2.75, 3.05) is 13.2 Å². The fourth-order valence-electron chi connectivity index (χ4n) is 1.96. The van der Waals surface area contributed by atoms with E-state index in [9.17, 15) is 0 Å². The summed E-state index contributed by atoms with van der Waals surface area (Å²) in [6.07, 6.45) is 2.13. The molecule has 1 aromatic carbocycles. The molecule has 0 radical (unpaired) electrons. The average Bonchev–Trinajstić information content (AvgIpc) is 2.32. The number of ether oxygens (including phenoxy) is 1. The summed E-state index contributed by atoms with van der Waals surface area (Å²) in [6.45, 7) is 4.81. The van der Waals surface area contributed by atoms with Crippen LogP contribution in [0.2, 0.25) is 5.02 Å². The van der Waals surface area contributed by atoms with E-state index in [4.69, 9.17) is 16.3 Å². The minimum absolute atomic E-state index is 0.192. The van der Waals surface area contributed by atoms with Gasteiger partial charge in [-0.15, -0.1) is 0 Å². The first-order chi connectivity index (χ1) is 8.09. The van der Waals surface area contributed by atoms with E-state index in [1.165, 1.54) is 5.56 Å². The third kappa shape index (κ3) is 3.68. The molecule has 0 amide bonds. The van der Waals surface area contributed by atoms with E-state index >= 15 is 0 Å². The van der Waals surface area contributed by atoms with Crippen LogP contribution in [0.25, 0.3) is 0 Å². The molecule has 1 aromatic rings. The lowest BCUT2D eigenvalue weighted by molar-refractivity contribution is 0.0446. The first-order valence-corrected chi connectivity index (χ1v) is 7.03. The summed E-state index contributed by atoms with van der Waals surface area (Å²) >= 11 is 9.47. The zero-order valence-corrected chi connectivity index (χ0v) is 12.3.